The van der Waals surface area contributed by atoms with Gasteiger partial charge < -0.3 is 20.1 Å². The summed E-state index contributed by atoms with van der Waals surface area (Å²) in [7, 11) is 0. The molecule has 2 aromatic rings. The van der Waals surface area contributed by atoms with Crippen LogP contribution in [0.3, 0.4) is 0 Å². The van der Waals surface area contributed by atoms with Crippen molar-refractivity contribution in [3.05, 3.63) is 44.2 Å². The monoisotopic (exact) mass is 472 g/mol. The van der Waals surface area contributed by atoms with E-state index in [2.05, 4.69) is 10.6 Å². The summed E-state index contributed by atoms with van der Waals surface area (Å²) in [4.78, 5) is 37.6. The summed E-state index contributed by atoms with van der Waals surface area (Å²) in [6.07, 6.45) is 0.773. The molecule has 2 rings (SSSR count). The zero-order valence-electron chi connectivity index (χ0n) is 16.8. The molecule has 0 spiro atoms. The maximum atomic E-state index is 12.4. The first-order valence-corrected chi connectivity index (χ1v) is 10.8. The number of carbonyl (C=O) groups is 3. The van der Waals surface area contributed by atoms with E-state index in [9.17, 15) is 14.4 Å². The van der Waals surface area contributed by atoms with E-state index in [-0.39, 0.29) is 34.7 Å². The molecule has 0 bridgehead atoms. The van der Waals surface area contributed by atoms with Gasteiger partial charge in [-0.15, -0.1) is 11.3 Å². The SMILES string of the molecule is CCCNC(=O)c1sc(NC(=O)COc2ccc(Cl)cc2Cl)c(C(=O)OCC)c1C. The maximum Gasteiger partial charge on any atom is 0.341 e. The van der Waals surface area contributed by atoms with Gasteiger partial charge in [0.05, 0.1) is 22.1 Å². The lowest BCUT2D eigenvalue weighted by atomic mass is 10.1. The summed E-state index contributed by atoms with van der Waals surface area (Å²) in [6.45, 7) is 5.57. The number of halogens is 2. The van der Waals surface area contributed by atoms with Gasteiger partial charge in [-0.05, 0) is 44.0 Å². The highest BCUT2D eigenvalue weighted by atomic mass is 35.5. The molecule has 0 aliphatic carbocycles. The number of amides is 2. The number of esters is 1. The summed E-state index contributed by atoms with van der Waals surface area (Å²) < 4.78 is 10.5. The van der Waals surface area contributed by atoms with Crippen molar-refractivity contribution < 1.29 is 23.9 Å². The zero-order chi connectivity index (χ0) is 22.3. The molecule has 0 atom stereocenters. The van der Waals surface area contributed by atoms with Crippen molar-refractivity contribution in [2.75, 3.05) is 25.1 Å². The molecule has 0 saturated carbocycles. The summed E-state index contributed by atoms with van der Waals surface area (Å²) in [6, 6.07) is 4.63. The summed E-state index contributed by atoms with van der Waals surface area (Å²) in [5.74, 6) is -1.15. The van der Waals surface area contributed by atoms with E-state index in [4.69, 9.17) is 32.7 Å². The highest BCUT2D eigenvalue weighted by molar-refractivity contribution is 7.18. The highest BCUT2D eigenvalue weighted by Crippen LogP contribution is 2.34. The molecule has 1 aromatic carbocycles. The fraction of sp³-hybridized carbons (Fsp3) is 0.350. The first-order valence-electron chi connectivity index (χ1n) is 9.24. The lowest BCUT2D eigenvalue weighted by molar-refractivity contribution is -0.118. The average Bonchev–Trinajstić information content (AvgIpc) is 3.01. The molecule has 7 nitrogen and oxygen atoms in total. The Bertz CT molecular complexity index is 946. The molecule has 1 heterocycles. The van der Waals surface area contributed by atoms with Gasteiger partial charge in [-0.1, -0.05) is 30.1 Å². The van der Waals surface area contributed by atoms with Crippen LogP contribution in [0.25, 0.3) is 0 Å². The van der Waals surface area contributed by atoms with Crippen LogP contribution in [0.1, 0.15) is 45.9 Å². The van der Waals surface area contributed by atoms with Crippen LogP contribution in [0, 0.1) is 6.92 Å². The first kappa shape index (κ1) is 24.0. The van der Waals surface area contributed by atoms with E-state index >= 15 is 0 Å². The number of carbonyl (C=O) groups excluding carboxylic acids is 3. The normalized spacial score (nSPS) is 10.4. The molecule has 2 amide bonds. The lowest BCUT2D eigenvalue weighted by Gasteiger charge is -2.09. The van der Waals surface area contributed by atoms with Gasteiger partial charge in [-0.3, -0.25) is 9.59 Å². The minimum absolute atomic E-state index is 0.154. The van der Waals surface area contributed by atoms with Gasteiger partial charge >= 0.3 is 5.97 Å². The van der Waals surface area contributed by atoms with Gasteiger partial charge in [0.1, 0.15) is 10.8 Å². The second-order valence-electron chi connectivity index (χ2n) is 6.15. The van der Waals surface area contributed by atoms with E-state index in [0.717, 1.165) is 17.8 Å². The summed E-state index contributed by atoms with van der Waals surface area (Å²) >= 11 is 12.9. The molecule has 10 heteroatoms. The zero-order valence-corrected chi connectivity index (χ0v) is 19.1. The minimum atomic E-state index is -0.613. The number of rotatable bonds is 9. The first-order chi connectivity index (χ1) is 14.3. The molecular weight excluding hydrogens is 451 g/mol. The Labute approximate surface area is 188 Å². The Morgan fingerprint density at radius 2 is 1.90 bits per heavy atom. The number of hydrogen-bond donors (Lipinski definition) is 2. The van der Waals surface area contributed by atoms with Gasteiger partial charge in [0.2, 0.25) is 0 Å². The number of thiophene rings is 1. The Hall–Kier alpha value is -2.29. The highest BCUT2D eigenvalue weighted by Gasteiger charge is 2.26. The van der Waals surface area contributed by atoms with Crippen LogP contribution in [0.15, 0.2) is 18.2 Å². The molecule has 30 heavy (non-hydrogen) atoms. The molecule has 0 aliphatic rings. The fourth-order valence-electron chi connectivity index (χ4n) is 2.48. The Morgan fingerprint density at radius 1 is 1.17 bits per heavy atom. The fourth-order valence-corrected chi connectivity index (χ4v) is 4.07. The predicted molar refractivity (Wildman–Crippen MR) is 118 cm³/mol. The van der Waals surface area contributed by atoms with Crippen molar-refractivity contribution in [2.45, 2.75) is 27.2 Å². The van der Waals surface area contributed by atoms with Crippen molar-refractivity contribution in [3.8, 4) is 5.75 Å². The van der Waals surface area contributed by atoms with Crippen molar-refractivity contribution in [3.63, 3.8) is 0 Å². The molecule has 0 unspecified atom stereocenters. The van der Waals surface area contributed by atoms with E-state index < -0.39 is 11.9 Å². The van der Waals surface area contributed by atoms with Gasteiger partial charge in [0, 0.05) is 11.6 Å². The lowest BCUT2D eigenvalue weighted by Crippen LogP contribution is -2.23. The largest absolute Gasteiger partial charge is 0.482 e. The van der Waals surface area contributed by atoms with Crippen LogP contribution in [-0.4, -0.2) is 37.5 Å². The van der Waals surface area contributed by atoms with Crippen molar-refractivity contribution in [1.82, 2.24) is 5.32 Å². The van der Waals surface area contributed by atoms with E-state index in [1.54, 1.807) is 26.0 Å². The molecule has 0 fully saturated rings. The molecule has 162 valence electrons. The number of nitrogens with one attached hydrogen (secondary N) is 2. The molecule has 2 N–H and O–H groups in total. The third-order valence-electron chi connectivity index (χ3n) is 3.87. The Kier molecular flexibility index (Phi) is 8.95. The van der Waals surface area contributed by atoms with Gasteiger partial charge in [-0.25, -0.2) is 4.79 Å². The summed E-state index contributed by atoms with van der Waals surface area (Å²) in [5.41, 5.74) is 0.602. The van der Waals surface area contributed by atoms with Crippen LogP contribution in [-0.2, 0) is 9.53 Å². The molecule has 1 aromatic heterocycles. The van der Waals surface area contributed by atoms with Gasteiger partial charge in [0.15, 0.2) is 6.61 Å². The predicted octanol–water partition coefficient (Wildman–Crippen LogP) is 4.70. The second kappa shape index (κ2) is 11.2. The molecule has 0 radical (unpaired) electrons. The minimum Gasteiger partial charge on any atom is -0.482 e. The maximum absolute atomic E-state index is 12.4. The van der Waals surface area contributed by atoms with Crippen LogP contribution < -0.4 is 15.4 Å². The molecule has 0 aliphatic heterocycles. The van der Waals surface area contributed by atoms with E-state index in [0.29, 0.717) is 27.8 Å². The van der Waals surface area contributed by atoms with E-state index in [1.807, 2.05) is 6.92 Å². The quantitative estimate of drug-likeness (QED) is 0.515. The molecular formula is C20H22Cl2N2O5S. The number of hydrogen-bond acceptors (Lipinski definition) is 6. The Balaban J connectivity index is 2.20. The van der Waals surface area contributed by atoms with Crippen LogP contribution in [0.4, 0.5) is 5.00 Å². The van der Waals surface area contributed by atoms with Crippen molar-refractivity contribution in [1.29, 1.82) is 0 Å². The average molecular weight is 473 g/mol. The summed E-state index contributed by atoms with van der Waals surface area (Å²) in [5, 5.41) is 6.33. The van der Waals surface area contributed by atoms with E-state index in [1.165, 1.54) is 6.07 Å². The number of anilines is 1. The van der Waals surface area contributed by atoms with Crippen LogP contribution >= 0.6 is 34.5 Å². The third-order valence-corrected chi connectivity index (χ3v) is 5.61. The smallest absolute Gasteiger partial charge is 0.341 e. The third kappa shape index (κ3) is 6.10. The standard InChI is InChI=1S/C20H22Cl2N2O5S/c1-4-8-23-18(26)17-11(3)16(20(27)28-5-2)19(30-17)24-15(25)10-29-14-7-6-12(21)9-13(14)22/h6-7,9H,4-5,8,10H2,1-3H3,(H,23,26)(H,24,25). The van der Waals surface area contributed by atoms with Crippen LogP contribution in [0.5, 0.6) is 5.75 Å². The van der Waals surface area contributed by atoms with Gasteiger partial charge in [0.25, 0.3) is 11.8 Å². The molecule has 0 saturated heterocycles. The van der Waals surface area contributed by atoms with Crippen molar-refractivity contribution in [2.24, 2.45) is 0 Å². The van der Waals surface area contributed by atoms with Crippen LogP contribution in [0.2, 0.25) is 10.0 Å². The second-order valence-corrected chi connectivity index (χ2v) is 8.01. The number of ether oxygens (including phenoxy) is 2. The van der Waals surface area contributed by atoms with Gasteiger partial charge in [-0.2, -0.15) is 0 Å². The topological polar surface area (TPSA) is 93.7 Å². The number of benzene rings is 1. The van der Waals surface area contributed by atoms with Crippen molar-refractivity contribution >= 4 is 57.3 Å². The Morgan fingerprint density at radius 3 is 2.53 bits per heavy atom.